The molecule has 3 heteroatoms. The average molecular weight is 310 g/mol. The maximum atomic E-state index is 12.2. The van der Waals surface area contributed by atoms with E-state index in [0.29, 0.717) is 6.42 Å². The Kier molecular flexibility index (Phi) is 5.24. The van der Waals surface area contributed by atoms with Crippen molar-refractivity contribution in [2.75, 3.05) is 13.1 Å². The van der Waals surface area contributed by atoms with E-state index in [0.717, 1.165) is 36.0 Å². The van der Waals surface area contributed by atoms with Crippen molar-refractivity contribution in [3.8, 4) is 0 Å². The second kappa shape index (κ2) is 6.93. The molecule has 1 aliphatic rings. The summed E-state index contributed by atoms with van der Waals surface area (Å²) in [6.45, 7) is 1.88. The fraction of sp³-hybridized carbons (Fsp3) is 0.533. The zero-order valence-corrected chi connectivity index (χ0v) is 12.3. The fourth-order valence-electron chi connectivity index (χ4n) is 2.39. The molecular weight excluding hydrogens is 290 g/mol. The molecule has 1 amide bonds. The van der Waals surface area contributed by atoms with Crippen molar-refractivity contribution in [1.82, 2.24) is 4.90 Å². The summed E-state index contributed by atoms with van der Waals surface area (Å²) in [5.41, 5.74) is 1.10. The number of nitrogens with zero attached hydrogens (tertiary/aromatic N) is 1. The van der Waals surface area contributed by atoms with Gasteiger partial charge in [0.1, 0.15) is 0 Å². The van der Waals surface area contributed by atoms with E-state index in [1.54, 1.807) is 0 Å². The molecule has 18 heavy (non-hydrogen) atoms. The summed E-state index contributed by atoms with van der Waals surface area (Å²) < 4.78 is 1.06. The molecule has 1 fully saturated rings. The van der Waals surface area contributed by atoms with Gasteiger partial charge in [-0.2, -0.15) is 0 Å². The normalized spacial score (nSPS) is 17.1. The lowest BCUT2D eigenvalue weighted by Gasteiger charge is -2.24. The topological polar surface area (TPSA) is 20.3 Å². The molecule has 0 aromatic heterocycles. The van der Waals surface area contributed by atoms with Gasteiger partial charge in [-0.25, -0.2) is 0 Å². The van der Waals surface area contributed by atoms with Crippen molar-refractivity contribution >= 4 is 21.8 Å². The standard InChI is InChI=1S/C15H20BrNO/c16-14-8-6-13(7-9-14)12-15(18)17-10-4-2-1-3-5-11-17/h6-9H,1-5,10-12H2. The van der Waals surface area contributed by atoms with E-state index < -0.39 is 0 Å². The van der Waals surface area contributed by atoms with Crippen LogP contribution in [0.3, 0.4) is 0 Å². The molecular formula is C15H20BrNO. The Bertz CT molecular complexity index is 380. The molecule has 0 unspecified atom stereocenters. The Morgan fingerprint density at radius 1 is 1.00 bits per heavy atom. The summed E-state index contributed by atoms with van der Waals surface area (Å²) >= 11 is 3.41. The largest absolute Gasteiger partial charge is 0.342 e. The van der Waals surface area contributed by atoms with E-state index in [-0.39, 0.29) is 5.91 Å². The summed E-state index contributed by atoms with van der Waals surface area (Å²) in [6, 6.07) is 8.03. The van der Waals surface area contributed by atoms with Gasteiger partial charge in [0.05, 0.1) is 6.42 Å². The summed E-state index contributed by atoms with van der Waals surface area (Å²) in [6.07, 6.45) is 6.71. The highest BCUT2D eigenvalue weighted by Gasteiger charge is 2.14. The predicted octanol–water partition coefficient (Wildman–Crippen LogP) is 3.78. The molecule has 0 N–H and O–H groups in total. The minimum absolute atomic E-state index is 0.277. The van der Waals surface area contributed by atoms with Crippen molar-refractivity contribution in [3.63, 3.8) is 0 Å². The van der Waals surface area contributed by atoms with Crippen molar-refractivity contribution in [3.05, 3.63) is 34.3 Å². The zero-order valence-electron chi connectivity index (χ0n) is 10.7. The van der Waals surface area contributed by atoms with Crippen LogP contribution in [0, 0.1) is 0 Å². The van der Waals surface area contributed by atoms with Crippen LogP contribution in [-0.4, -0.2) is 23.9 Å². The highest BCUT2D eigenvalue weighted by molar-refractivity contribution is 9.10. The highest BCUT2D eigenvalue weighted by atomic mass is 79.9. The van der Waals surface area contributed by atoms with Crippen LogP contribution in [0.1, 0.15) is 37.7 Å². The van der Waals surface area contributed by atoms with Gasteiger partial charge in [0.2, 0.25) is 5.91 Å². The zero-order chi connectivity index (χ0) is 12.8. The summed E-state index contributed by atoms with van der Waals surface area (Å²) in [5.74, 6) is 0.277. The van der Waals surface area contributed by atoms with Crippen LogP contribution >= 0.6 is 15.9 Å². The monoisotopic (exact) mass is 309 g/mol. The van der Waals surface area contributed by atoms with E-state index in [4.69, 9.17) is 0 Å². The van der Waals surface area contributed by atoms with Gasteiger partial charge in [0.15, 0.2) is 0 Å². The van der Waals surface area contributed by atoms with Crippen LogP contribution in [0.2, 0.25) is 0 Å². The molecule has 1 aromatic rings. The third kappa shape index (κ3) is 4.13. The van der Waals surface area contributed by atoms with Gasteiger partial charge in [-0.3, -0.25) is 4.79 Å². The third-order valence-corrected chi connectivity index (χ3v) is 4.01. The first-order valence-corrected chi connectivity index (χ1v) is 7.57. The highest BCUT2D eigenvalue weighted by Crippen LogP contribution is 2.14. The number of hydrogen-bond acceptors (Lipinski definition) is 1. The molecule has 2 nitrogen and oxygen atoms in total. The molecule has 1 heterocycles. The molecule has 0 saturated carbocycles. The van der Waals surface area contributed by atoms with Gasteiger partial charge >= 0.3 is 0 Å². The molecule has 0 aliphatic carbocycles. The van der Waals surface area contributed by atoms with Crippen molar-refractivity contribution in [1.29, 1.82) is 0 Å². The lowest BCUT2D eigenvalue weighted by Crippen LogP contribution is -2.34. The Morgan fingerprint density at radius 2 is 1.56 bits per heavy atom. The van der Waals surface area contributed by atoms with Crippen LogP contribution in [0.4, 0.5) is 0 Å². The van der Waals surface area contributed by atoms with Gasteiger partial charge in [-0.1, -0.05) is 47.3 Å². The molecule has 0 radical (unpaired) electrons. The smallest absolute Gasteiger partial charge is 0.226 e. The SMILES string of the molecule is O=C(Cc1ccc(Br)cc1)N1CCCCCCC1. The second-order valence-electron chi connectivity index (χ2n) is 4.95. The van der Waals surface area contributed by atoms with Crippen LogP contribution in [0.15, 0.2) is 28.7 Å². The lowest BCUT2D eigenvalue weighted by atomic mass is 10.1. The van der Waals surface area contributed by atoms with Crippen LogP contribution in [0.25, 0.3) is 0 Å². The van der Waals surface area contributed by atoms with Gasteiger partial charge in [-0.15, -0.1) is 0 Å². The number of rotatable bonds is 2. The van der Waals surface area contributed by atoms with Crippen molar-refractivity contribution < 1.29 is 4.79 Å². The Hall–Kier alpha value is -0.830. The average Bonchev–Trinajstić information content (AvgIpc) is 2.31. The molecule has 98 valence electrons. The fourth-order valence-corrected chi connectivity index (χ4v) is 2.65. The maximum absolute atomic E-state index is 12.2. The summed E-state index contributed by atoms with van der Waals surface area (Å²) in [7, 11) is 0. The van der Waals surface area contributed by atoms with Crippen molar-refractivity contribution in [2.24, 2.45) is 0 Å². The number of halogens is 1. The first-order valence-electron chi connectivity index (χ1n) is 6.78. The van der Waals surface area contributed by atoms with Crippen LogP contribution in [-0.2, 0) is 11.2 Å². The summed E-state index contributed by atoms with van der Waals surface area (Å²) in [5, 5.41) is 0. The molecule has 1 aliphatic heterocycles. The second-order valence-corrected chi connectivity index (χ2v) is 5.87. The minimum Gasteiger partial charge on any atom is -0.342 e. The minimum atomic E-state index is 0.277. The first kappa shape index (κ1) is 13.6. The predicted molar refractivity (Wildman–Crippen MR) is 77.5 cm³/mol. The van der Waals surface area contributed by atoms with E-state index >= 15 is 0 Å². The Morgan fingerprint density at radius 3 is 2.17 bits per heavy atom. The molecule has 0 bridgehead atoms. The number of likely N-dealkylation sites (tertiary alicyclic amines) is 1. The van der Waals surface area contributed by atoms with E-state index in [9.17, 15) is 4.79 Å². The van der Waals surface area contributed by atoms with Gasteiger partial charge < -0.3 is 4.90 Å². The molecule has 0 atom stereocenters. The number of carbonyl (C=O) groups excluding carboxylic acids is 1. The number of hydrogen-bond donors (Lipinski definition) is 0. The number of benzene rings is 1. The van der Waals surface area contributed by atoms with Crippen LogP contribution in [0.5, 0.6) is 0 Å². The number of carbonyl (C=O) groups is 1. The summed E-state index contributed by atoms with van der Waals surface area (Å²) in [4.78, 5) is 14.3. The van der Waals surface area contributed by atoms with Gasteiger partial charge in [0, 0.05) is 17.6 Å². The Labute approximate surface area is 117 Å². The molecule has 1 saturated heterocycles. The van der Waals surface area contributed by atoms with Gasteiger partial charge in [-0.05, 0) is 30.5 Å². The molecule has 2 rings (SSSR count). The van der Waals surface area contributed by atoms with Crippen LogP contribution < -0.4 is 0 Å². The van der Waals surface area contributed by atoms with E-state index in [1.807, 2.05) is 29.2 Å². The molecule has 1 aromatic carbocycles. The Balaban J connectivity index is 1.91. The maximum Gasteiger partial charge on any atom is 0.226 e. The lowest BCUT2D eigenvalue weighted by molar-refractivity contribution is -0.130. The molecule has 0 spiro atoms. The van der Waals surface area contributed by atoms with Gasteiger partial charge in [0.25, 0.3) is 0 Å². The first-order chi connectivity index (χ1) is 8.75. The number of amides is 1. The van der Waals surface area contributed by atoms with E-state index in [2.05, 4.69) is 15.9 Å². The third-order valence-electron chi connectivity index (χ3n) is 3.48. The van der Waals surface area contributed by atoms with Crippen molar-refractivity contribution in [2.45, 2.75) is 38.5 Å². The van der Waals surface area contributed by atoms with E-state index in [1.165, 1.54) is 19.3 Å². The quantitative estimate of drug-likeness (QED) is 0.814.